The fraction of sp³-hybridized carbons (Fsp3) is 0.500. The lowest BCUT2D eigenvalue weighted by Gasteiger charge is -2.29. The highest BCUT2D eigenvalue weighted by molar-refractivity contribution is 5.90. The number of ether oxygens (including phenoxy) is 1. The molecule has 2 aromatic rings. The molecule has 2 aliphatic rings. The van der Waals surface area contributed by atoms with E-state index in [2.05, 4.69) is 10.4 Å². The molecule has 3 heterocycles. The Morgan fingerprint density at radius 3 is 3.16 bits per heavy atom. The molecule has 4 nitrogen and oxygen atoms in total. The van der Waals surface area contributed by atoms with Crippen LogP contribution in [0.25, 0.3) is 10.9 Å². The number of hydrogen-bond acceptors (Lipinski definition) is 3. The van der Waals surface area contributed by atoms with E-state index in [9.17, 15) is 4.39 Å². The summed E-state index contributed by atoms with van der Waals surface area (Å²) in [6.45, 7) is 1.77. The van der Waals surface area contributed by atoms with E-state index >= 15 is 0 Å². The molecule has 0 saturated carbocycles. The molecular formula is C14H16FN3O. The summed E-state index contributed by atoms with van der Waals surface area (Å²) in [7, 11) is 0. The van der Waals surface area contributed by atoms with Gasteiger partial charge in [0.2, 0.25) is 0 Å². The van der Waals surface area contributed by atoms with E-state index in [-0.39, 0.29) is 18.0 Å². The Hall–Kier alpha value is -1.62. The van der Waals surface area contributed by atoms with Crippen molar-refractivity contribution in [1.82, 2.24) is 9.78 Å². The number of fused-ring (bicyclic) bond motifs is 3. The van der Waals surface area contributed by atoms with Crippen molar-refractivity contribution in [3.05, 3.63) is 24.0 Å². The molecule has 0 aliphatic carbocycles. The Morgan fingerprint density at radius 1 is 1.37 bits per heavy atom. The van der Waals surface area contributed by atoms with Crippen LogP contribution in [0.3, 0.4) is 0 Å². The number of aromatic nitrogens is 2. The quantitative estimate of drug-likeness (QED) is 0.858. The second kappa shape index (κ2) is 4.20. The van der Waals surface area contributed by atoms with Crippen LogP contribution in [0.15, 0.2) is 18.2 Å². The van der Waals surface area contributed by atoms with Crippen LogP contribution in [-0.4, -0.2) is 29.0 Å². The number of nitrogens with zero attached hydrogens (tertiary/aromatic N) is 2. The van der Waals surface area contributed by atoms with Crippen LogP contribution in [0, 0.1) is 5.82 Å². The standard InChI is InChI=1S/C14H16FN3O/c15-9-3-4-10-11(8-9)17-18-12(5-6-16-14(10)18)13-2-1-7-19-13/h3-4,8,12-13,16H,1-2,5-7H2. The first-order valence-corrected chi connectivity index (χ1v) is 6.86. The fourth-order valence-corrected chi connectivity index (χ4v) is 3.20. The molecule has 2 atom stereocenters. The second-order valence-corrected chi connectivity index (χ2v) is 5.29. The predicted octanol–water partition coefficient (Wildman–Crippen LogP) is 2.71. The highest BCUT2D eigenvalue weighted by Crippen LogP contribution is 2.36. The smallest absolute Gasteiger partial charge is 0.132 e. The first-order chi connectivity index (χ1) is 9.33. The third kappa shape index (κ3) is 1.72. The van der Waals surface area contributed by atoms with E-state index in [0.29, 0.717) is 5.52 Å². The van der Waals surface area contributed by atoms with Crippen LogP contribution in [0.4, 0.5) is 10.2 Å². The van der Waals surface area contributed by atoms with E-state index in [1.54, 1.807) is 6.07 Å². The van der Waals surface area contributed by atoms with E-state index in [1.807, 2.05) is 4.68 Å². The van der Waals surface area contributed by atoms with Crippen LogP contribution in [0.1, 0.15) is 25.3 Å². The fourth-order valence-electron chi connectivity index (χ4n) is 3.20. The summed E-state index contributed by atoms with van der Waals surface area (Å²) in [5, 5.41) is 8.95. The molecule has 4 rings (SSSR count). The van der Waals surface area contributed by atoms with Crippen molar-refractivity contribution in [2.75, 3.05) is 18.5 Å². The molecule has 1 fully saturated rings. The van der Waals surface area contributed by atoms with Crippen molar-refractivity contribution in [2.45, 2.75) is 31.4 Å². The summed E-state index contributed by atoms with van der Waals surface area (Å²) < 4.78 is 21.1. The highest BCUT2D eigenvalue weighted by Gasteiger charge is 2.32. The first-order valence-electron chi connectivity index (χ1n) is 6.86. The van der Waals surface area contributed by atoms with E-state index in [4.69, 9.17) is 4.74 Å². The number of nitrogens with one attached hydrogen (secondary N) is 1. The third-order valence-electron chi connectivity index (χ3n) is 4.10. The highest BCUT2D eigenvalue weighted by atomic mass is 19.1. The van der Waals surface area contributed by atoms with Gasteiger partial charge in [-0.1, -0.05) is 0 Å². The Balaban J connectivity index is 1.83. The van der Waals surface area contributed by atoms with Crippen molar-refractivity contribution >= 4 is 16.7 Å². The molecule has 0 radical (unpaired) electrons. The molecule has 5 heteroatoms. The van der Waals surface area contributed by atoms with Gasteiger partial charge in [0.25, 0.3) is 0 Å². The second-order valence-electron chi connectivity index (χ2n) is 5.29. The van der Waals surface area contributed by atoms with Gasteiger partial charge < -0.3 is 10.1 Å². The average molecular weight is 261 g/mol. The largest absolute Gasteiger partial charge is 0.376 e. The molecule has 0 spiro atoms. The van der Waals surface area contributed by atoms with Gasteiger partial charge in [-0.3, -0.25) is 0 Å². The van der Waals surface area contributed by atoms with Crippen LogP contribution >= 0.6 is 0 Å². The van der Waals surface area contributed by atoms with E-state index < -0.39 is 0 Å². The number of hydrogen-bond donors (Lipinski definition) is 1. The van der Waals surface area contributed by atoms with Crippen molar-refractivity contribution in [2.24, 2.45) is 0 Å². The van der Waals surface area contributed by atoms with Gasteiger partial charge in [-0.25, -0.2) is 9.07 Å². The summed E-state index contributed by atoms with van der Waals surface area (Å²) >= 11 is 0. The lowest BCUT2D eigenvalue weighted by molar-refractivity contribution is 0.0594. The molecule has 1 aromatic heterocycles. The lowest BCUT2D eigenvalue weighted by atomic mass is 10.0. The molecular weight excluding hydrogens is 245 g/mol. The first kappa shape index (κ1) is 11.2. The third-order valence-corrected chi connectivity index (χ3v) is 4.10. The topological polar surface area (TPSA) is 39.1 Å². The van der Waals surface area contributed by atoms with Crippen LogP contribution in [0.5, 0.6) is 0 Å². The Kier molecular flexibility index (Phi) is 2.48. The number of halogens is 1. The Morgan fingerprint density at radius 2 is 2.32 bits per heavy atom. The molecule has 1 N–H and O–H groups in total. The molecule has 2 aliphatic heterocycles. The summed E-state index contributed by atoms with van der Waals surface area (Å²) in [6.07, 6.45) is 3.47. The molecule has 2 unspecified atom stereocenters. The summed E-state index contributed by atoms with van der Waals surface area (Å²) in [6, 6.07) is 5.06. The van der Waals surface area contributed by atoms with Gasteiger partial charge in [0.1, 0.15) is 11.6 Å². The molecule has 100 valence electrons. The van der Waals surface area contributed by atoms with Crippen molar-refractivity contribution in [3.8, 4) is 0 Å². The monoisotopic (exact) mass is 261 g/mol. The van der Waals surface area contributed by atoms with Gasteiger partial charge in [0, 0.05) is 24.6 Å². The van der Waals surface area contributed by atoms with Crippen LogP contribution in [0.2, 0.25) is 0 Å². The maximum atomic E-state index is 13.3. The Bertz CT molecular complexity index is 618. The average Bonchev–Trinajstić information content (AvgIpc) is 3.04. The minimum Gasteiger partial charge on any atom is -0.376 e. The Labute approximate surface area is 110 Å². The van der Waals surface area contributed by atoms with Crippen LogP contribution < -0.4 is 5.32 Å². The maximum absolute atomic E-state index is 13.3. The SMILES string of the molecule is Fc1ccc2c3n(nc2c1)C(C1CCCO1)CCN3. The van der Waals surface area contributed by atoms with Gasteiger partial charge in [-0.15, -0.1) is 0 Å². The molecule has 0 bridgehead atoms. The van der Waals surface area contributed by atoms with Gasteiger partial charge in [0.05, 0.1) is 17.7 Å². The summed E-state index contributed by atoms with van der Waals surface area (Å²) in [5.41, 5.74) is 0.715. The van der Waals surface area contributed by atoms with Gasteiger partial charge in [0.15, 0.2) is 0 Å². The lowest BCUT2D eigenvalue weighted by Crippen LogP contribution is -2.31. The minimum atomic E-state index is -0.239. The molecule has 1 saturated heterocycles. The number of rotatable bonds is 1. The zero-order valence-electron chi connectivity index (χ0n) is 10.6. The summed E-state index contributed by atoms with van der Waals surface area (Å²) in [4.78, 5) is 0. The van der Waals surface area contributed by atoms with E-state index in [1.165, 1.54) is 12.1 Å². The van der Waals surface area contributed by atoms with Crippen molar-refractivity contribution in [3.63, 3.8) is 0 Å². The number of anilines is 1. The molecule has 0 amide bonds. The van der Waals surface area contributed by atoms with Gasteiger partial charge in [-0.05, 0) is 31.4 Å². The van der Waals surface area contributed by atoms with E-state index in [0.717, 1.165) is 43.6 Å². The predicted molar refractivity (Wildman–Crippen MR) is 70.8 cm³/mol. The van der Waals surface area contributed by atoms with Crippen LogP contribution in [-0.2, 0) is 4.74 Å². The van der Waals surface area contributed by atoms with Gasteiger partial charge >= 0.3 is 0 Å². The minimum absolute atomic E-state index is 0.239. The normalized spacial score (nSPS) is 26.4. The van der Waals surface area contributed by atoms with Crippen molar-refractivity contribution < 1.29 is 9.13 Å². The van der Waals surface area contributed by atoms with Crippen molar-refractivity contribution in [1.29, 1.82) is 0 Å². The summed E-state index contributed by atoms with van der Waals surface area (Å²) in [5.74, 6) is 0.762. The zero-order chi connectivity index (χ0) is 12.8. The van der Waals surface area contributed by atoms with Gasteiger partial charge in [-0.2, -0.15) is 5.10 Å². The zero-order valence-corrected chi connectivity index (χ0v) is 10.6. The maximum Gasteiger partial charge on any atom is 0.132 e. The number of benzene rings is 1. The molecule has 19 heavy (non-hydrogen) atoms. The molecule has 1 aromatic carbocycles.